The lowest BCUT2D eigenvalue weighted by atomic mass is 10.2. The molecule has 0 amide bonds. The molecular formula is C16H28N2O3S. The number of ether oxygens (including phenoxy) is 3. The number of aromatic nitrogens is 1. The molecule has 0 fully saturated rings. The van der Waals surface area contributed by atoms with Gasteiger partial charge >= 0.3 is 0 Å². The molecule has 0 saturated heterocycles. The highest BCUT2D eigenvalue weighted by molar-refractivity contribution is 7.81. The molecule has 0 unspecified atom stereocenters. The van der Waals surface area contributed by atoms with Crippen molar-refractivity contribution in [2.45, 2.75) is 18.6 Å². The summed E-state index contributed by atoms with van der Waals surface area (Å²) in [6.07, 6.45) is 0.0520. The summed E-state index contributed by atoms with van der Waals surface area (Å²) >= 11 is 4.50. The van der Waals surface area contributed by atoms with Gasteiger partial charge in [0.2, 0.25) is 0 Å². The summed E-state index contributed by atoms with van der Waals surface area (Å²) in [5, 5.41) is 0. The zero-order valence-electron chi connectivity index (χ0n) is 15.7. The predicted octanol–water partition coefficient (Wildman–Crippen LogP) is 2.13. The second kappa shape index (κ2) is 10.8. The van der Waals surface area contributed by atoms with Crippen molar-refractivity contribution in [1.82, 2.24) is 9.88 Å². The van der Waals surface area contributed by atoms with Crippen LogP contribution in [0.4, 0.5) is 0 Å². The Morgan fingerprint density at radius 2 is 1.73 bits per heavy atom. The molecule has 0 aliphatic rings. The first-order chi connectivity index (χ1) is 11.3. The Bertz CT molecular complexity index is 467. The van der Waals surface area contributed by atoms with E-state index in [0.717, 1.165) is 13.1 Å². The van der Waals surface area contributed by atoms with E-state index in [1.54, 1.807) is 0 Å². The fraction of sp³-hybridized carbons (Fsp3) is 0.688. The molecule has 0 spiro atoms. The summed E-state index contributed by atoms with van der Waals surface area (Å²) < 4.78 is 31.1. The number of likely N-dealkylation sites (N-methyl/N-ethyl adjacent to an activating group) is 1. The van der Waals surface area contributed by atoms with Gasteiger partial charge in [-0.3, -0.25) is 4.98 Å². The third kappa shape index (κ3) is 10.8. The van der Waals surface area contributed by atoms with Crippen molar-refractivity contribution in [2.24, 2.45) is 0 Å². The molecule has 22 heavy (non-hydrogen) atoms. The highest BCUT2D eigenvalue weighted by Crippen LogP contribution is 2.12. The van der Waals surface area contributed by atoms with Gasteiger partial charge in [-0.05, 0) is 33.0 Å². The molecule has 1 aromatic heterocycles. The topological polar surface area (TPSA) is 43.8 Å². The van der Waals surface area contributed by atoms with Crippen LogP contribution in [0.5, 0.6) is 5.75 Å². The average Bonchev–Trinajstić information content (AvgIpc) is 2.42. The standard InChI is InChI=1S/C16H28N2O3S/c1-16(2,22)14-18(3)8-9-19-10-11-20-12-13-21-15-4-6-17-7-5-15/h4-7,22H,8-14H2,1-3H3/i6D,7D. The second-order valence-electron chi connectivity index (χ2n) is 5.68. The smallest absolute Gasteiger partial charge is 0.122 e. The quantitative estimate of drug-likeness (QED) is 0.470. The highest BCUT2D eigenvalue weighted by atomic mass is 32.1. The van der Waals surface area contributed by atoms with Gasteiger partial charge < -0.3 is 19.1 Å². The Morgan fingerprint density at radius 1 is 1.14 bits per heavy atom. The van der Waals surface area contributed by atoms with Crippen LogP contribution in [0, 0.1) is 0 Å². The number of nitrogens with zero attached hydrogens (tertiary/aromatic N) is 2. The Hall–Kier alpha value is -0.820. The first kappa shape index (κ1) is 16.1. The third-order valence-corrected chi connectivity index (χ3v) is 2.83. The van der Waals surface area contributed by atoms with Gasteiger partial charge in [-0.2, -0.15) is 12.6 Å². The van der Waals surface area contributed by atoms with Gasteiger partial charge in [-0.1, -0.05) is 0 Å². The molecule has 0 aliphatic heterocycles. The highest BCUT2D eigenvalue weighted by Gasteiger charge is 2.13. The van der Waals surface area contributed by atoms with Crippen LogP contribution < -0.4 is 4.74 Å². The van der Waals surface area contributed by atoms with Gasteiger partial charge in [0.05, 0.1) is 29.2 Å². The molecular weight excluding hydrogens is 300 g/mol. The molecule has 0 radical (unpaired) electrons. The lowest BCUT2D eigenvalue weighted by Gasteiger charge is -2.25. The molecule has 0 aromatic carbocycles. The maximum Gasteiger partial charge on any atom is 0.122 e. The Balaban J connectivity index is 1.97. The fourth-order valence-electron chi connectivity index (χ4n) is 1.85. The van der Waals surface area contributed by atoms with Crippen molar-refractivity contribution in [3.05, 3.63) is 24.5 Å². The molecule has 6 heteroatoms. The van der Waals surface area contributed by atoms with Gasteiger partial charge in [0.15, 0.2) is 0 Å². The fourth-order valence-corrected chi connectivity index (χ4v) is 2.10. The van der Waals surface area contributed by atoms with Gasteiger partial charge in [-0.25, -0.2) is 0 Å². The minimum atomic E-state index is -0.00582. The van der Waals surface area contributed by atoms with E-state index in [-0.39, 0.29) is 17.1 Å². The van der Waals surface area contributed by atoms with Crippen LogP contribution in [0.25, 0.3) is 0 Å². The largest absolute Gasteiger partial charge is 0.491 e. The summed E-state index contributed by atoms with van der Waals surface area (Å²) in [5.74, 6) is 0.468. The van der Waals surface area contributed by atoms with E-state index >= 15 is 0 Å². The van der Waals surface area contributed by atoms with Crippen molar-refractivity contribution >= 4 is 12.6 Å². The number of pyridine rings is 1. The summed E-state index contributed by atoms with van der Waals surface area (Å²) in [6, 6.07) is 2.95. The van der Waals surface area contributed by atoms with E-state index in [9.17, 15) is 0 Å². The van der Waals surface area contributed by atoms with Crippen LogP contribution in [0.15, 0.2) is 24.5 Å². The lowest BCUT2D eigenvalue weighted by Crippen LogP contribution is -2.34. The van der Waals surface area contributed by atoms with Gasteiger partial charge in [-0.15, -0.1) is 0 Å². The molecule has 126 valence electrons. The zero-order valence-corrected chi connectivity index (χ0v) is 14.6. The number of rotatable bonds is 12. The Kier molecular flexibility index (Phi) is 7.90. The van der Waals surface area contributed by atoms with E-state index in [2.05, 4.69) is 43.4 Å². The first-order valence-corrected chi connectivity index (χ1v) is 7.85. The molecule has 0 atom stereocenters. The van der Waals surface area contributed by atoms with Crippen LogP contribution in [0.1, 0.15) is 16.6 Å². The van der Waals surface area contributed by atoms with E-state index < -0.39 is 0 Å². The van der Waals surface area contributed by atoms with Crippen LogP contribution in [0.3, 0.4) is 0 Å². The summed E-state index contributed by atoms with van der Waals surface area (Å²) in [5.41, 5.74) is 0. The van der Waals surface area contributed by atoms with Crippen molar-refractivity contribution < 1.29 is 17.0 Å². The average molecular weight is 330 g/mol. The molecule has 0 bridgehead atoms. The Morgan fingerprint density at radius 3 is 2.36 bits per heavy atom. The predicted molar refractivity (Wildman–Crippen MR) is 91.9 cm³/mol. The van der Waals surface area contributed by atoms with Crippen LogP contribution >= 0.6 is 12.6 Å². The van der Waals surface area contributed by atoms with Crippen molar-refractivity contribution in [3.8, 4) is 5.75 Å². The lowest BCUT2D eigenvalue weighted by molar-refractivity contribution is 0.0307. The minimum absolute atomic E-state index is 0.00582. The molecule has 0 saturated carbocycles. The van der Waals surface area contributed by atoms with E-state index in [4.69, 9.17) is 17.0 Å². The van der Waals surface area contributed by atoms with Gasteiger partial charge in [0, 0.05) is 30.2 Å². The van der Waals surface area contributed by atoms with Crippen molar-refractivity contribution in [2.75, 3.05) is 53.2 Å². The normalized spacial score (nSPS) is 13.1. The summed E-state index contributed by atoms with van der Waals surface area (Å²) in [6.45, 7) is 8.45. The minimum Gasteiger partial charge on any atom is -0.491 e. The zero-order chi connectivity index (χ0) is 18.0. The van der Waals surface area contributed by atoms with E-state index in [0.29, 0.717) is 38.8 Å². The Labute approximate surface area is 142 Å². The summed E-state index contributed by atoms with van der Waals surface area (Å²) in [7, 11) is 2.05. The molecule has 5 nitrogen and oxygen atoms in total. The maximum absolute atomic E-state index is 7.40. The van der Waals surface area contributed by atoms with E-state index in [1.165, 1.54) is 12.1 Å². The monoisotopic (exact) mass is 330 g/mol. The van der Waals surface area contributed by atoms with Crippen molar-refractivity contribution in [1.29, 1.82) is 0 Å². The number of hydrogen-bond donors (Lipinski definition) is 1. The molecule has 1 heterocycles. The molecule has 1 aromatic rings. The maximum atomic E-state index is 7.40. The van der Waals surface area contributed by atoms with Gasteiger partial charge in [0.1, 0.15) is 12.4 Å². The number of thiol groups is 1. The van der Waals surface area contributed by atoms with Crippen LogP contribution in [-0.4, -0.2) is 67.8 Å². The van der Waals surface area contributed by atoms with Crippen LogP contribution in [-0.2, 0) is 9.47 Å². The van der Waals surface area contributed by atoms with Crippen molar-refractivity contribution in [3.63, 3.8) is 0 Å². The summed E-state index contributed by atoms with van der Waals surface area (Å²) in [4.78, 5) is 5.84. The van der Waals surface area contributed by atoms with Gasteiger partial charge in [0.25, 0.3) is 0 Å². The second-order valence-corrected chi connectivity index (χ2v) is 6.90. The molecule has 0 N–H and O–H groups in total. The first-order valence-electron chi connectivity index (χ1n) is 8.41. The number of hydrogen-bond acceptors (Lipinski definition) is 6. The SMILES string of the molecule is [2H]c1cc(OCCOCCOCCN(C)CC(C)(C)S)cc([2H])n1. The molecule has 0 aliphatic carbocycles. The molecule has 1 rings (SSSR count). The van der Waals surface area contributed by atoms with Crippen LogP contribution in [0.2, 0.25) is 0 Å². The third-order valence-electron chi connectivity index (χ3n) is 2.69. The van der Waals surface area contributed by atoms with E-state index in [1.807, 2.05) is 0 Å².